The Morgan fingerprint density at radius 3 is 2.64 bits per heavy atom. The molecular weight excluding hydrogens is 559 g/mol. The Bertz CT molecular complexity index is 1290. The molecule has 1 saturated carbocycles. The van der Waals surface area contributed by atoms with E-state index in [2.05, 4.69) is 52.0 Å². The van der Waals surface area contributed by atoms with Crippen molar-refractivity contribution in [2.24, 2.45) is 11.8 Å². The number of fused-ring (bicyclic) bond motifs is 1. The van der Waals surface area contributed by atoms with E-state index in [4.69, 9.17) is 4.74 Å². The number of piperidine rings is 1. The number of hydrazine groups is 1. The van der Waals surface area contributed by atoms with Gasteiger partial charge in [-0.05, 0) is 87.6 Å². The van der Waals surface area contributed by atoms with E-state index >= 15 is 4.39 Å². The number of methoxy groups -OCH3 is 1. The fourth-order valence-corrected chi connectivity index (χ4v) is 7.49. The largest absolute Gasteiger partial charge is 0.496 e. The summed E-state index contributed by atoms with van der Waals surface area (Å²) < 4.78 is 20.6. The summed E-state index contributed by atoms with van der Waals surface area (Å²) in [6.07, 6.45) is 7.49. The van der Waals surface area contributed by atoms with Crippen LogP contribution in [0.25, 0.3) is 0 Å². The van der Waals surface area contributed by atoms with Crippen LogP contribution >= 0.6 is 0 Å². The zero-order chi connectivity index (χ0) is 31.2. The third-order valence-electron chi connectivity index (χ3n) is 9.67. The summed E-state index contributed by atoms with van der Waals surface area (Å²) in [6, 6.07) is 8.97. The highest BCUT2D eigenvalue weighted by Gasteiger charge is 2.43. The summed E-state index contributed by atoms with van der Waals surface area (Å²) in [4.78, 5) is 35.9. The summed E-state index contributed by atoms with van der Waals surface area (Å²) in [5.41, 5.74) is 9.56. The Balaban J connectivity index is 1.29. The minimum absolute atomic E-state index is 0.0764. The van der Waals surface area contributed by atoms with Crippen molar-refractivity contribution < 1.29 is 18.7 Å². The maximum Gasteiger partial charge on any atom is 0.239 e. The summed E-state index contributed by atoms with van der Waals surface area (Å²) in [5.74, 6) is 0.517. The van der Waals surface area contributed by atoms with Gasteiger partial charge >= 0.3 is 0 Å². The van der Waals surface area contributed by atoms with Crippen LogP contribution in [0.15, 0.2) is 36.5 Å². The number of hydrogen-bond donors (Lipinski definition) is 3. The zero-order valence-electron chi connectivity index (χ0n) is 26.7. The maximum absolute atomic E-state index is 15.1. The predicted molar refractivity (Wildman–Crippen MR) is 168 cm³/mol. The average molecular weight is 609 g/mol. The minimum atomic E-state index is -0.374. The Kier molecular flexibility index (Phi) is 10.9. The Labute approximate surface area is 261 Å². The number of aromatic nitrogens is 1. The first kappa shape index (κ1) is 32.3. The highest BCUT2D eigenvalue weighted by molar-refractivity contribution is 5.82. The van der Waals surface area contributed by atoms with Crippen molar-refractivity contribution in [3.8, 4) is 5.75 Å². The lowest BCUT2D eigenvalue weighted by molar-refractivity contribution is -0.139. The summed E-state index contributed by atoms with van der Waals surface area (Å²) in [5, 5.41) is 3.35. The molecule has 1 aliphatic carbocycles. The number of carbonyl (C=O) groups is 2. The molecule has 1 aromatic carbocycles. The number of nitrogens with zero attached hydrogens (tertiary/aromatic N) is 3. The highest BCUT2D eigenvalue weighted by Crippen LogP contribution is 2.40. The van der Waals surface area contributed by atoms with Gasteiger partial charge in [-0.1, -0.05) is 19.9 Å². The monoisotopic (exact) mass is 608 g/mol. The fraction of sp³-hybridized carbons (Fsp3) is 0.618. The smallest absolute Gasteiger partial charge is 0.239 e. The highest BCUT2D eigenvalue weighted by atomic mass is 19.1. The molecule has 240 valence electrons. The van der Waals surface area contributed by atoms with Gasteiger partial charge in [0.1, 0.15) is 11.6 Å². The number of likely N-dealkylation sites (tertiary alicyclic amines) is 1. The normalized spacial score (nSPS) is 27.0. The Morgan fingerprint density at radius 1 is 1.11 bits per heavy atom. The average Bonchev–Trinajstić information content (AvgIpc) is 3.45. The van der Waals surface area contributed by atoms with E-state index in [1.54, 1.807) is 12.1 Å². The van der Waals surface area contributed by atoms with E-state index in [1.165, 1.54) is 18.7 Å². The van der Waals surface area contributed by atoms with Crippen LogP contribution in [-0.2, 0) is 16.1 Å². The van der Waals surface area contributed by atoms with Crippen LogP contribution in [0.1, 0.15) is 81.7 Å². The molecule has 2 aliphatic heterocycles. The molecule has 2 amide bonds. The van der Waals surface area contributed by atoms with E-state index in [-0.39, 0.29) is 48.2 Å². The molecule has 4 unspecified atom stereocenters. The van der Waals surface area contributed by atoms with Gasteiger partial charge in [-0.15, -0.1) is 0 Å². The number of amides is 2. The van der Waals surface area contributed by atoms with Crippen LogP contribution in [0, 0.1) is 24.6 Å². The van der Waals surface area contributed by atoms with Crippen LogP contribution in [0.3, 0.4) is 0 Å². The number of hydrogen-bond acceptors (Lipinski definition) is 7. The Hall–Kier alpha value is -3.08. The van der Waals surface area contributed by atoms with Crippen molar-refractivity contribution in [3.63, 3.8) is 0 Å². The number of benzene rings is 1. The summed E-state index contributed by atoms with van der Waals surface area (Å²) >= 11 is 0. The molecule has 0 radical (unpaired) electrons. The third kappa shape index (κ3) is 7.24. The van der Waals surface area contributed by atoms with Crippen molar-refractivity contribution in [2.75, 3.05) is 26.7 Å². The predicted octanol–water partition coefficient (Wildman–Crippen LogP) is 4.27. The van der Waals surface area contributed by atoms with E-state index in [1.807, 2.05) is 18.0 Å². The number of halogens is 1. The molecule has 3 N–H and O–H groups in total. The topological polar surface area (TPSA) is 98.8 Å². The molecule has 3 fully saturated rings. The number of rotatable bonds is 11. The van der Waals surface area contributed by atoms with Gasteiger partial charge in [0.15, 0.2) is 0 Å². The van der Waals surface area contributed by atoms with E-state index < -0.39 is 0 Å². The van der Waals surface area contributed by atoms with Gasteiger partial charge in [-0.3, -0.25) is 24.9 Å². The van der Waals surface area contributed by atoms with Gasteiger partial charge < -0.3 is 15.0 Å². The van der Waals surface area contributed by atoms with Crippen molar-refractivity contribution in [1.82, 2.24) is 31.0 Å². The summed E-state index contributed by atoms with van der Waals surface area (Å²) in [7, 11) is 1.54. The molecule has 0 bridgehead atoms. The van der Waals surface area contributed by atoms with E-state index in [9.17, 15) is 9.59 Å². The van der Waals surface area contributed by atoms with Crippen LogP contribution in [0.5, 0.6) is 5.75 Å². The van der Waals surface area contributed by atoms with Gasteiger partial charge in [0.05, 0.1) is 19.2 Å². The van der Waals surface area contributed by atoms with Gasteiger partial charge in [-0.25, -0.2) is 9.82 Å². The van der Waals surface area contributed by atoms with Crippen molar-refractivity contribution in [3.05, 3.63) is 59.2 Å². The molecule has 9 nitrogen and oxygen atoms in total. The summed E-state index contributed by atoms with van der Waals surface area (Å²) in [6.45, 7) is 8.28. The number of aryl methyl sites for hydroxylation is 1. The quantitative estimate of drug-likeness (QED) is 0.351. The first-order valence-corrected chi connectivity index (χ1v) is 16.4. The lowest BCUT2D eigenvalue weighted by atomic mass is 9.74. The zero-order valence-corrected chi connectivity index (χ0v) is 26.7. The number of nitrogens with one attached hydrogen (secondary N) is 3. The minimum Gasteiger partial charge on any atom is -0.496 e. The fourth-order valence-electron chi connectivity index (χ4n) is 7.49. The molecule has 1 aromatic heterocycles. The first-order chi connectivity index (χ1) is 21.3. The van der Waals surface area contributed by atoms with E-state index in [0.717, 1.165) is 37.8 Å². The lowest BCUT2D eigenvalue weighted by Gasteiger charge is -2.42. The molecule has 10 heteroatoms. The molecule has 0 spiro atoms. The first-order valence-electron chi connectivity index (χ1n) is 16.4. The second kappa shape index (κ2) is 14.8. The molecule has 6 atom stereocenters. The van der Waals surface area contributed by atoms with Gasteiger partial charge in [0, 0.05) is 61.6 Å². The second-order valence-corrected chi connectivity index (χ2v) is 12.8. The molecule has 3 aliphatic rings. The SMILES string of the molecule is CCCN(CCC)C(=O)[C@@H]1CC[C@@H](NC(=O)C2CCC3NNC(c4ccnc(C)c4)C3C2)CN1Cc1c(F)cccc1OC. The third-order valence-corrected chi connectivity index (χ3v) is 9.67. The Morgan fingerprint density at radius 2 is 1.91 bits per heavy atom. The van der Waals surface area contributed by atoms with Crippen molar-refractivity contribution >= 4 is 11.8 Å². The number of ether oxygens (including phenoxy) is 1. The molecule has 2 aromatic rings. The van der Waals surface area contributed by atoms with E-state index in [0.29, 0.717) is 55.7 Å². The molecule has 2 saturated heterocycles. The van der Waals surface area contributed by atoms with Crippen LogP contribution in [0.2, 0.25) is 0 Å². The number of carbonyl (C=O) groups excluding carboxylic acids is 2. The molecular formula is C34H49FN6O3. The lowest BCUT2D eigenvalue weighted by Crippen LogP contribution is -2.57. The molecule has 44 heavy (non-hydrogen) atoms. The standard InChI is InChI=1S/C34H49FN6O3/c1-5-16-40(17-6-2)34(43)30-13-11-25(20-41(30)21-27-28(35)8-7-9-31(27)44-4)37-33(42)24-10-12-29-26(19-24)32(39-38-29)23-14-15-36-22(3)18-23/h7-9,14-15,18,24-26,29-30,32,38-39H,5-6,10-13,16-17,19-21H2,1-4H3,(H,37,42)/t24?,25-,26?,29?,30+,32?/m1/s1. The van der Waals surface area contributed by atoms with Crippen LogP contribution in [-0.4, -0.2) is 71.5 Å². The van der Waals surface area contributed by atoms with Crippen LogP contribution in [0.4, 0.5) is 4.39 Å². The van der Waals surface area contributed by atoms with Gasteiger partial charge in [0.25, 0.3) is 0 Å². The second-order valence-electron chi connectivity index (χ2n) is 12.8. The molecule has 3 heterocycles. The van der Waals surface area contributed by atoms with Crippen molar-refractivity contribution in [1.29, 1.82) is 0 Å². The number of pyridine rings is 1. The van der Waals surface area contributed by atoms with Gasteiger partial charge in [0.2, 0.25) is 11.8 Å². The van der Waals surface area contributed by atoms with Crippen LogP contribution < -0.4 is 20.9 Å². The maximum atomic E-state index is 15.1. The molecule has 5 rings (SSSR count). The van der Waals surface area contributed by atoms with Crippen molar-refractivity contribution in [2.45, 2.75) is 96.4 Å². The van der Waals surface area contributed by atoms with Gasteiger partial charge in [-0.2, -0.15) is 0 Å².